The third-order valence-corrected chi connectivity index (χ3v) is 0.408. The van der Waals surface area contributed by atoms with Gasteiger partial charge in [0.25, 0.3) is 0 Å². The highest BCUT2D eigenvalue weighted by Crippen LogP contribution is 1.81. The van der Waals surface area contributed by atoms with Gasteiger partial charge in [-0.05, 0) is 0 Å². The molecule has 0 rings (SSSR count). The molecule has 0 radical (unpaired) electrons. The molecule has 4 nitrogen and oxygen atoms in total. The molecule has 0 unspecified atom stereocenters. The molecule has 0 amide bonds. The minimum absolute atomic E-state index is 0.676. The molecule has 0 N–H and O–H groups in total. The molecule has 4 heteroatoms. The largest absolute Gasteiger partial charge is 0.378 e. The van der Waals surface area contributed by atoms with Crippen molar-refractivity contribution in [3.8, 4) is 0 Å². The first-order valence-electron chi connectivity index (χ1n) is 2.18. The summed E-state index contributed by atoms with van der Waals surface area (Å²) in [5.41, 5.74) is 0. The number of carbonyl (C=O) groups is 2. The smallest absolute Gasteiger partial charge is 0.248 e. The van der Waals surface area contributed by atoms with Crippen LogP contribution in [0.4, 0.5) is 0 Å². The lowest BCUT2D eigenvalue weighted by molar-refractivity contribution is -0.253. The number of rotatable bonds is 1. The van der Waals surface area contributed by atoms with E-state index in [1.807, 2.05) is 0 Å². The second-order valence-electron chi connectivity index (χ2n) is 1.18. The maximum absolute atomic E-state index is 10.1. The SMILES string of the molecule is C=CC(=O)OOC(C)=O. The molecule has 0 aromatic carbocycles. The van der Waals surface area contributed by atoms with Gasteiger partial charge >= 0.3 is 11.9 Å². The Morgan fingerprint density at radius 3 is 2.33 bits per heavy atom. The third-order valence-electron chi connectivity index (χ3n) is 0.408. The van der Waals surface area contributed by atoms with Crippen LogP contribution in [0.5, 0.6) is 0 Å². The highest BCUT2D eigenvalue weighted by atomic mass is 17.2. The first kappa shape index (κ1) is 7.68. The molecule has 0 fully saturated rings. The molecule has 0 spiro atoms. The van der Waals surface area contributed by atoms with Gasteiger partial charge < -0.3 is 0 Å². The van der Waals surface area contributed by atoms with Gasteiger partial charge in [-0.25, -0.2) is 19.4 Å². The molecular weight excluding hydrogens is 124 g/mol. The van der Waals surface area contributed by atoms with Gasteiger partial charge in [-0.15, -0.1) is 0 Å². The van der Waals surface area contributed by atoms with Crippen LogP contribution in [0.15, 0.2) is 12.7 Å². The quantitative estimate of drug-likeness (QED) is 0.289. The lowest BCUT2D eigenvalue weighted by atomic mass is 10.7. The summed E-state index contributed by atoms with van der Waals surface area (Å²) in [6.45, 7) is 4.19. The highest BCUT2D eigenvalue weighted by molar-refractivity contribution is 5.81. The Morgan fingerprint density at radius 2 is 2.00 bits per heavy atom. The van der Waals surface area contributed by atoms with Crippen LogP contribution in [-0.2, 0) is 19.4 Å². The topological polar surface area (TPSA) is 52.6 Å². The average molecular weight is 130 g/mol. The Hall–Kier alpha value is -1.32. The van der Waals surface area contributed by atoms with Crippen LogP contribution >= 0.6 is 0 Å². The van der Waals surface area contributed by atoms with E-state index in [1.165, 1.54) is 0 Å². The zero-order valence-electron chi connectivity index (χ0n) is 4.92. The lowest BCUT2D eigenvalue weighted by Crippen LogP contribution is -2.05. The van der Waals surface area contributed by atoms with Crippen LogP contribution in [0.1, 0.15) is 6.92 Å². The van der Waals surface area contributed by atoms with Crippen molar-refractivity contribution < 1.29 is 19.4 Å². The van der Waals surface area contributed by atoms with E-state index in [9.17, 15) is 9.59 Å². The van der Waals surface area contributed by atoms with E-state index < -0.39 is 11.9 Å². The minimum atomic E-state index is -0.787. The van der Waals surface area contributed by atoms with Gasteiger partial charge in [0, 0.05) is 13.0 Å². The molecule has 50 valence electrons. The summed E-state index contributed by atoms with van der Waals surface area (Å²) < 4.78 is 0. The Kier molecular flexibility index (Phi) is 3.12. The summed E-state index contributed by atoms with van der Waals surface area (Å²) in [6.07, 6.45) is 0.892. The summed E-state index contributed by atoms with van der Waals surface area (Å²) in [5, 5.41) is 0. The van der Waals surface area contributed by atoms with Crippen molar-refractivity contribution in [2.45, 2.75) is 6.92 Å². The summed E-state index contributed by atoms with van der Waals surface area (Å²) in [7, 11) is 0. The normalized spacial score (nSPS) is 7.67. The fourth-order valence-electron chi connectivity index (χ4n) is 0.134. The zero-order chi connectivity index (χ0) is 7.28. The van der Waals surface area contributed by atoms with Gasteiger partial charge in [0.2, 0.25) is 0 Å². The highest BCUT2D eigenvalue weighted by Gasteiger charge is 1.97. The summed E-state index contributed by atoms with van der Waals surface area (Å²) >= 11 is 0. The van der Waals surface area contributed by atoms with Gasteiger partial charge in [0.1, 0.15) is 0 Å². The van der Waals surface area contributed by atoms with Crippen LogP contribution in [0.2, 0.25) is 0 Å². The molecule has 0 aliphatic carbocycles. The standard InChI is InChI=1S/C5H6O4/c1-3-5(7)9-8-4(2)6/h3H,1H2,2H3. The predicted octanol–water partition coefficient (Wildman–Crippen LogP) is 0.194. The minimum Gasteiger partial charge on any atom is -0.248 e. The van der Waals surface area contributed by atoms with Gasteiger partial charge in [-0.3, -0.25) is 0 Å². The summed E-state index contributed by atoms with van der Waals surface area (Å²) in [5.74, 6) is -1.46. The maximum Gasteiger partial charge on any atom is 0.378 e. The Bertz CT molecular complexity index is 138. The molecule has 0 aromatic heterocycles. The molecule has 9 heavy (non-hydrogen) atoms. The van der Waals surface area contributed by atoms with Crippen LogP contribution in [0, 0.1) is 0 Å². The first-order valence-corrected chi connectivity index (χ1v) is 2.18. The Balaban J connectivity index is 3.39. The second-order valence-corrected chi connectivity index (χ2v) is 1.18. The molecule has 0 aliphatic heterocycles. The zero-order valence-corrected chi connectivity index (χ0v) is 4.92. The van der Waals surface area contributed by atoms with Crippen LogP contribution in [0.25, 0.3) is 0 Å². The average Bonchev–Trinajstić information content (AvgIpc) is 1.83. The maximum atomic E-state index is 10.1. The van der Waals surface area contributed by atoms with Crippen LogP contribution in [-0.4, -0.2) is 11.9 Å². The summed E-state index contributed by atoms with van der Waals surface area (Å²) in [6, 6.07) is 0. The molecule has 0 atom stereocenters. The van der Waals surface area contributed by atoms with Gasteiger partial charge in [0.05, 0.1) is 0 Å². The fraction of sp³-hybridized carbons (Fsp3) is 0.200. The monoisotopic (exact) mass is 130 g/mol. The van der Waals surface area contributed by atoms with Gasteiger partial charge in [-0.2, -0.15) is 0 Å². The van der Waals surface area contributed by atoms with Crippen molar-refractivity contribution in [2.24, 2.45) is 0 Å². The van der Waals surface area contributed by atoms with Gasteiger partial charge in [-0.1, -0.05) is 6.58 Å². The van der Waals surface area contributed by atoms with Crippen molar-refractivity contribution in [1.82, 2.24) is 0 Å². The van der Waals surface area contributed by atoms with Crippen molar-refractivity contribution >= 4 is 11.9 Å². The van der Waals surface area contributed by atoms with Crippen molar-refractivity contribution in [1.29, 1.82) is 0 Å². The van der Waals surface area contributed by atoms with Crippen molar-refractivity contribution in [3.05, 3.63) is 12.7 Å². The van der Waals surface area contributed by atoms with Crippen LogP contribution in [0.3, 0.4) is 0 Å². The van der Waals surface area contributed by atoms with Gasteiger partial charge in [0.15, 0.2) is 0 Å². The summed E-state index contributed by atoms with van der Waals surface area (Å²) in [4.78, 5) is 27.7. The number of carbonyl (C=O) groups excluding carboxylic acids is 2. The van der Waals surface area contributed by atoms with E-state index >= 15 is 0 Å². The molecule has 0 saturated carbocycles. The predicted molar refractivity (Wildman–Crippen MR) is 28.1 cm³/mol. The second kappa shape index (κ2) is 3.65. The molecule has 0 saturated heterocycles. The van der Waals surface area contributed by atoms with E-state index in [1.54, 1.807) is 0 Å². The van der Waals surface area contributed by atoms with E-state index in [2.05, 4.69) is 16.4 Å². The molecule has 0 aromatic rings. The van der Waals surface area contributed by atoms with E-state index in [4.69, 9.17) is 0 Å². The number of hydrogen-bond donors (Lipinski definition) is 0. The van der Waals surface area contributed by atoms with Crippen molar-refractivity contribution in [3.63, 3.8) is 0 Å². The van der Waals surface area contributed by atoms with Crippen LogP contribution < -0.4 is 0 Å². The Morgan fingerprint density at radius 1 is 1.44 bits per heavy atom. The van der Waals surface area contributed by atoms with E-state index in [-0.39, 0.29) is 0 Å². The molecule has 0 bridgehead atoms. The van der Waals surface area contributed by atoms with E-state index in [0.29, 0.717) is 0 Å². The first-order chi connectivity index (χ1) is 4.16. The fourth-order valence-corrected chi connectivity index (χ4v) is 0.134. The number of hydrogen-bond acceptors (Lipinski definition) is 4. The van der Waals surface area contributed by atoms with E-state index in [0.717, 1.165) is 13.0 Å². The Labute approximate surface area is 52.0 Å². The lowest BCUT2D eigenvalue weighted by Gasteiger charge is -1.93. The molecular formula is C5H6O4. The van der Waals surface area contributed by atoms with Crippen molar-refractivity contribution in [2.75, 3.05) is 0 Å². The third kappa shape index (κ3) is 4.53. The molecule has 0 aliphatic rings. The molecule has 0 heterocycles.